The van der Waals surface area contributed by atoms with Crippen molar-refractivity contribution in [3.63, 3.8) is 0 Å². The fraction of sp³-hybridized carbons (Fsp3) is 0.769. The SMILES string of the molecule is CCc1nn(C)c(Cl)c1CN1CC[C@H]2CNC[C@H]21.Cl.Cl. The predicted molar refractivity (Wildman–Crippen MR) is 87.3 cm³/mol. The predicted octanol–water partition coefficient (Wildman–Crippen LogP) is 2.27. The van der Waals surface area contributed by atoms with Crippen LogP contribution in [0.5, 0.6) is 0 Å². The van der Waals surface area contributed by atoms with Gasteiger partial charge in [0.25, 0.3) is 0 Å². The Morgan fingerprint density at radius 2 is 2.10 bits per heavy atom. The van der Waals surface area contributed by atoms with Gasteiger partial charge in [0.15, 0.2) is 0 Å². The molecule has 2 atom stereocenters. The van der Waals surface area contributed by atoms with E-state index in [2.05, 4.69) is 22.2 Å². The molecule has 2 aliphatic heterocycles. The van der Waals surface area contributed by atoms with E-state index in [1.54, 1.807) is 4.68 Å². The van der Waals surface area contributed by atoms with E-state index in [0.29, 0.717) is 6.04 Å². The van der Waals surface area contributed by atoms with Gasteiger partial charge in [-0.3, -0.25) is 9.58 Å². The number of aryl methyl sites for hydroxylation is 2. The van der Waals surface area contributed by atoms with E-state index in [1.165, 1.54) is 25.1 Å². The smallest absolute Gasteiger partial charge is 0.131 e. The topological polar surface area (TPSA) is 33.1 Å². The van der Waals surface area contributed by atoms with Crippen LogP contribution in [0, 0.1) is 5.92 Å². The van der Waals surface area contributed by atoms with Crippen molar-refractivity contribution in [1.82, 2.24) is 20.0 Å². The van der Waals surface area contributed by atoms with E-state index in [1.807, 2.05) is 7.05 Å². The third kappa shape index (κ3) is 3.09. The van der Waals surface area contributed by atoms with Crippen LogP contribution in [0.1, 0.15) is 24.6 Å². The van der Waals surface area contributed by atoms with Crippen LogP contribution < -0.4 is 5.32 Å². The van der Waals surface area contributed by atoms with Gasteiger partial charge >= 0.3 is 0 Å². The van der Waals surface area contributed by atoms with E-state index < -0.39 is 0 Å². The largest absolute Gasteiger partial charge is 0.315 e. The van der Waals surface area contributed by atoms with Gasteiger partial charge in [-0.1, -0.05) is 18.5 Å². The highest BCUT2D eigenvalue weighted by Gasteiger charge is 2.37. The molecule has 3 rings (SSSR count). The lowest BCUT2D eigenvalue weighted by Gasteiger charge is -2.23. The molecule has 2 saturated heterocycles. The molecule has 1 N–H and O–H groups in total. The van der Waals surface area contributed by atoms with Gasteiger partial charge in [-0.25, -0.2) is 0 Å². The Bertz CT molecular complexity index is 449. The first-order valence-electron chi connectivity index (χ1n) is 6.85. The Morgan fingerprint density at radius 3 is 2.80 bits per heavy atom. The molecule has 0 unspecified atom stereocenters. The molecule has 0 spiro atoms. The molecule has 3 heterocycles. The van der Waals surface area contributed by atoms with Gasteiger partial charge in [-0.05, 0) is 31.8 Å². The number of aromatic nitrogens is 2. The highest BCUT2D eigenvalue weighted by atomic mass is 35.5. The maximum atomic E-state index is 6.37. The van der Waals surface area contributed by atoms with E-state index >= 15 is 0 Å². The highest BCUT2D eigenvalue weighted by molar-refractivity contribution is 6.30. The van der Waals surface area contributed by atoms with Crippen LogP contribution in [0.25, 0.3) is 0 Å². The summed E-state index contributed by atoms with van der Waals surface area (Å²) < 4.78 is 1.80. The quantitative estimate of drug-likeness (QED) is 0.915. The van der Waals surface area contributed by atoms with E-state index in [0.717, 1.165) is 36.3 Å². The molecule has 1 aromatic rings. The summed E-state index contributed by atoms with van der Waals surface area (Å²) in [5.41, 5.74) is 2.38. The number of hydrogen-bond donors (Lipinski definition) is 1. The van der Waals surface area contributed by atoms with Crippen molar-refractivity contribution in [1.29, 1.82) is 0 Å². The lowest BCUT2D eigenvalue weighted by molar-refractivity contribution is 0.243. The zero-order valence-electron chi connectivity index (χ0n) is 11.9. The molecule has 0 aromatic carbocycles. The van der Waals surface area contributed by atoms with Crippen molar-refractivity contribution in [2.24, 2.45) is 13.0 Å². The molecule has 0 aliphatic carbocycles. The molecule has 1 aromatic heterocycles. The van der Waals surface area contributed by atoms with Gasteiger partial charge < -0.3 is 5.32 Å². The van der Waals surface area contributed by atoms with Crippen LogP contribution in [-0.4, -0.2) is 40.4 Å². The first-order valence-corrected chi connectivity index (χ1v) is 7.23. The number of nitrogens with one attached hydrogen (secondary N) is 1. The van der Waals surface area contributed by atoms with Crippen molar-refractivity contribution in [3.8, 4) is 0 Å². The molecular formula is C13H23Cl3N4. The van der Waals surface area contributed by atoms with Crippen molar-refractivity contribution in [2.45, 2.75) is 32.4 Å². The molecule has 4 nitrogen and oxygen atoms in total. The summed E-state index contributed by atoms with van der Waals surface area (Å²) in [6.45, 7) is 6.61. The Labute approximate surface area is 138 Å². The van der Waals surface area contributed by atoms with Gasteiger partial charge in [-0.2, -0.15) is 5.10 Å². The van der Waals surface area contributed by atoms with Crippen LogP contribution in [0.2, 0.25) is 5.15 Å². The standard InChI is InChI=1S/C13H21ClN4.2ClH/c1-3-11-10(13(14)17(2)16-11)8-18-5-4-9-6-15-7-12(9)18;;/h9,12,15H,3-8H2,1-2H3;2*1H/t9-,12+;;/m0../s1. The van der Waals surface area contributed by atoms with Crippen LogP contribution in [-0.2, 0) is 20.0 Å². The molecular weight excluding hydrogens is 319 g/mol. The van der Waals surface area contributed by atoms with Gasteiger partial charge in [0, 0.05) is 31.7 Å². The fourth-order valence-corrected chi connectivity index (χ4v) is 3.58. The number of rotatable bonds is 3. The van der Waals surface area contributed by atoms with Crippen LogP contribution >= 0.6 is 36.4 Å². The van der Waals surface area contributed by atoms with Gasteiger partial charge in [0.2, 0.25) is 0 Å². The molecule has 0 bridgehead atoms. The molecule has 0 saturated carbocycles. The average molecular weight is 342 g/mol. The second-order valence-electron chi connectivity index (χ2n) is 5.44. The number of halogens is 3. The number of nitrogens with zero attached hydrogens (tertiary/aromatic N) is 3. The molecule has 0 radical (unpaired) electrons. The van der Waals surface area contributed by atoms with Gasteiger partial charge in [0.05, 0.1) is 5.69 Å². The lowest BCUT2D eigenvalue weighted by Crippen LogP contribution is -2.33. The number of likely N-dealkylation sites (tertiary alicyclic amines) is 1. The van der Waals surface area contributed by atoms with Crippen molar-refractivity contribution in [3.05, 3.63) is 16.4 Å². The summed E-state index contributed by atoms with van der Waals surface area (Å²) >= 11 is 6.37. The maximum Gasteiger partial charge on any atom is 0.131 e. The fourth-order valence-electron chi connectivity index (χ4n) is 3.38. The van der Waals surface area contributed by atoms with Crippen LogP contribution in [0.3, 0.4) is 0 Å². The summed E-state index contributed by atoms with van der Waals surface area (Å²) in [5.74, 6) is 0.838. The first kappa shape index (κ1) is 18.1. The van der Waals surface area contributed by atoms with Gasteiger partial charge in [0.1, 0.15) is 5.15 Å². The molecule has 7 heteroatoms. The second-order valence-corrected chi connectivity index (χ2v) is 5.80. The molecule has 0 amide bonds. The molecule has 116 valence electrons. The zero-order chi connectivity index (χ0) is 12.7. The normalized spacial score (nSPS) is 25.1. The zero-order valence-corrected chi connectivity index (χ0v) is 14.3. The maximum absolute atomic E-state index is 6.37. The average Bonchev–Trinajstić information content (AvgIpc) is 3.01. The molecule has 20 heavy (non-hydrogen) atoms. The minimum absolute atomic E-state index is 0. The minimum Gasteiger partial charge on any atom is -0.315 e. The van der Waals surface area contributed by atoms with Crippen molar-refractivity contribution < 1.29 is 0 Å². The summed E-state index contributed by atoms with van der Waals surface area (Å²) in [4.78, 5) is 2.58. The third-order valence-electron chi connectivity index (χ3n) is 4.41. The Hall–Kier alpha value is -0.000000000000000111. The van der Waals surface area contributed by atoms with Gasteiger partial charge in [-0.15, -0.1) is 24.8 Å². The highest BCUT2D eigenvalue weighted by Crippen LogP contribution is 2.31. The van der Waals surface area contributed by atoms with E-state index in [4.69, 9.17) is 11.6 Å². The summed E-state index contributed by atoms with van der Waals surface area (Å²) in [5, 5.41) is 8.80. The van der Waals surface area contributed by atoms with Crippen molar-refractivity contribution >= 4 is 36.4 Å². The third-order valence-corrected chi connectivity index (χ3v) is 4.88. The second kappa shape index (κ2) is 7.32. The first-order chi connectivity index (χ1) is 8.70. The molecule has 2 fully saturated rings. The Kier molecular flexibility index (Phi) is 6.61. The van der Waals surface area contributed by atoms with E-state index in [-0.39, 0.29) is 24.8 Å². The van der Waals surface area contributed by atoms with Crippen molar-refractivity contribution in [2.75, 3.05) is 19.6 Å². The van der Waals surface area contributed by atoms with Crippen LogP contribution in [0.4, 0.5) is 0 Å². The van der Waals surface area contributed by atoms with Crippen LogP contribution in [0.15, 0.2) is 0 Å². The minimum atomic E-state index is 0. The monoisotopic (exact) mass is 340 g/mol. The summed E-state index contributed by atoms with van der Waals surface area (Å²) in [6, 6.07) is 0.700. The lowest BCUT2D eigenvalue weighted by atomic mass is 10.0. The molecule has 2 aliphatic rings. The number of fused-ring (bicyclic) bond motifs is 1. The Balaban J connectivity index is 0.000001000. The number of hydrogen-bond acceptors (Lipinski definition) is 3. The van der Waals surface area contributed by atoms with E-state index in [9.17, 15) is 0 Å². The summed E-state index contributed by atoms with van der Waals surface area (Å²) in [7, 11) is 1.93. The summed E-state index contributed by atoms with van der Waals surface area (Å²) in [6.07, 6.45) is 2.27. The Morgan fingerprint density at radius 1 is 1.35 bits per heavy atom.